The minimum atomic E-state index is -0.507. The van der Waals surface area contributed by atoms with Crippen LogP contribution >= 0.6 is 11.3 Å². The van der Waals surface area contributed by atoms with Crippen LogP contribution in [-0.4, -0.2) is 10.1 Å². The number of rotatable bonds is 3. The highest BCUT2D eigenvalue weighted by Gasteiger charge is 2.21. The number of aromatic nitrogens is 1. The largest absolute Gasteiger partial charge is 0.387 e. The van der Waals surface area contributed by atoms with Crippen LogP contribution in [0.1, 0.15) is 29.5 Å². The zero-order chi connectivity index (χ0) is 13.2. The number of hydrogen-bond donors (Lipinski definition) is 1. The van der Waals surface area contributed by atoms with Crippen molar-refractivity contribution in [2.75, 3.05) is 0 Å². The number of thiophene rings is 1. The van der Waals surface area contributed by atoms with Gasteiger partial charge in [-0.2, -0.15) is 0 Å². The molecule has 2 heterocycles. The lowest BCUT2D eigenvalue weighted by atomic mass is 9.99. The normalized spacial score (nSPS) is 14.4. The minimum absolute atomic E-state index is 0.00531. The first-order valence-electron chi connectivity index (χ1n) is 6.33. The van der Waals surface area contributed by atoms with E-state index in [4.69, 9.17) is 0 Å². The fourth-order valence-electron chi connectivity index (χ4n) is 2.20. The van der Waals surface area contributed by atoms with Crippen LogP contribution in [0.15, 0.2) is 54.7 Å². The molecule has 2 nitrogen and oxygen atoms in total. The van der Waals surface area contributed by atoms with Gasteiger partial charge in [-0.15, -0.1) is 11.3 Å². The molecule has 0 fully saturated rings. The molecule has 0 amide bonds. The number of fused-ring (bicyclic) bond motifs is 1. The van der Waals surface area contributed by atoms with Crippen molar-refractivity contribution < 1.29 is 5.11 Å². The Labute approximate surface area is 116 Å². The van der Waals surface area contributed by atoms with Gasteiger partial charge in [-0.05, 0) is 29.7 Å². The van der Waals surface area contributed by atoms with Gasteiger partial charge >= 0.3 is 0 Å². The summed E-state index contributed by atoms with van der Waals surface area (Å²) in [5.41, 5.74) is 0.924. The second kappa shape index (κ2) is 5.11. The Balaban J connectivity index is 1.93. The van der Waals surface area contributed by atoms with Crippen LogP contribution in [0.5, 0.6) is 0 Å². The van der Waals surface area contributed by atoms with Crippen LogP contribution in [0.4, 0.5) is 0 Å². The van der Waals surface area contributed by atoms with Gasteiger partial charge in [0, 0.05) is 27.4 Å². The summed E-state index contributed by atoms with van der Waals surface area (Å²) in [5.74, 6) is -0.00531. The summed E-state index contributed by atoms with van der Waals surface area (Å²) in [6.07, 6.45) is 1.26. The van der Waals surface area contributed by atoms with Crippen LogP contribution in [0, 0.1) is 0 Å². The van der Waals surface area contributed by atoms with Gasteiger partial charge in [0.05, 0.1) is 6.10 Å². The van der Waals surface area contributed by atoms with E-state index in [1.807, 2.05) is 37.3 Å². The highest BCUT2D eigenvalue weighted by atomic mass is 32.1. The predicted molar refractivity (Wildman–Crippen MR) is 79.4 cm³/mol. The molecule has 0 bridgehead atoms. The Bertz CT molecular complexity index is 644. The zero-order valence-electron chi connectivity index (χ0n) is 10.7. The quantitative estimate of drug-likeness (QED) is 0.775. The highest BCUT2D eigenvalue weighted by molar-refractivity contribution is 7.19. The average Bonchev–Trinajstić information content (AvgIpc) is 2.90. The van der Waals surface area contributed by atoms with Crippen molar-refractivity contribution in [1.82, 2.24) is 4.98 Å². The summed E-state index contributed by atoms with van der Waals surface area (Å²) < 4.78 is 1.21. The van der Waals surface area contributed by atoms with Crippen molar-refractivity contribution in [1.29, 1.82) is 0 Å². The Morgan fingerprint density at radius 3 is 2.63 bits per heavy atom. The third-order valence-corrected chi connectivity index (χ3v) is 4.55. The molecule has 2 aromatic heterocycles. The van der Waals surface area contributed by atoms with Crippen molar-refractivity contribution in [3.05, 3.63) is 65.3 Å². The summed E-state index contributed by atoms with van der Waals surface area (Å²) in [5, 5.41) is 11.7. The van der Waals surface area contributed by atoms with E-state index < -0.39 is 6.10 Å². The van der Waals surface area contributed by atoms with Crippen LogP contribution < -0.4 is 0 Å². The van der Waals surface area contributed by atoms with Crippen LogP contribution in [0.2, 0.25) is 0 Å². The molecule has 0 aliphatic carbocycles. The van der Waals surface area contributed by atoms with Gasteiger partial charge in [-0.25, -0.2) is 0 Å². The van der Waals surface area contributed by atoms with Crippen molar-refractivity contribution in [3.63, 3.8) is 0 Å². The number of pyridine rings is 1. The van der Waals surface area contributed by atoms with E-state index >= 15 is 0 Å². The third kappa shape index (κ3) is 2.39. The van der Waals surface area contributed by atoms with Gasteiger partial charge in [0.15, 0.2) is 0 Å². The van der Waals surface area contributed by atoms with Crippen LogP contribution in [0.25, 0.3) is 10.1 Å². The molecule has 0 aliphatic heterocycles. The van der Waals surface area contributed by atoms with Crippen LogP contribution in [0.3, 0.4) is 0 Å². The number of hydrogen-bond acceptors (Lipinski definition) is 3. The third-order valence-electron chi connectivity index (χ3n) is 3.36. The molecule has 19 heavy (non-hydrogen) atoms. The second-order valence-corrected chi connectivity index (χ2v) is 5.79. The van der Waals surface area contributed by atoms with Crippen molar-refractivity contribution >= 4 is 21.4 Å². The lowest BCUT2D eigenvalue weighted by Gasteiger charge is -2.16. The maximum atomic E-state index is 10.5. The molecule has 0 saturated heterocycles. The maximum Gasteiger partial charge on any atom is 0.0963 e. The van der Waals surface area contributed by atoms with E-state index in [-0.39, 0.29) is 5.92 Å². The lowest BCUT2D eigenvalue weighted by Crippen LogP contribution is -2.07. The molecule has 2 unspecified atom stereocenters. The summed E-state index contributed by atoms with van der Waals surface area (Å²) in [6.45, 7) is 2.01. The van der Waals surface area contributed by atoms with Crippen molar-refractivity contribution in [2.24, 2.45) is 0 Å². The Kier molecular flexibility index (Phi) is 3.32. The van der Waals surface area contributed by atoms with E-state index in [0.717, 1.165) is 10.6 Å². The molecular weight excluding hydrogens is 254 g/mol. The zero-order valence-corrected chi connectivity index (χ0v) is 11.5. The first-order valence-corrected chi connectivity index (χ1v) is 7.15. The average molecular weight is 269 g/mol. The molecule has 1 aromatic carbocycles. The first kappa shape index (κ1) is 12.3. The van der Waals surface area contributed by atoms with E-state index in [9.17, 15) is 5.11 Å². The summed E-state index contributed by atoms with van der Waals surface area (Å²) in [4.78, 5) is 5.32. The van der Waals surface area contributed by atoms with Gasteiger partial charge in [-0.3, -0.25) is 4.98 Å². The Hall–Kier alpha value is -1.71. The SMILES string of the molecule is CC(c1ccccn1)C(O)c1cc2ccccc2s1. The van der Waals surface area contributed by atoms with Crippen molar-refractivity contribution in [3.8, 4) is 0 Å². The van der Waals surface area contributed by atoms with E-state index in [2.05, 4.69) is 23.2 Å². The minimum Gasteiger partial charge on any atom is -0.387 e. The molecule has 3 rings (SSSR count). The first-order chi connectivity index (χ1) is 9.25. The molecule has 3 heteroatoms. The second-order valence-electron chi connectivity index (χ2n) is 4.67. The van der Waals surface area contributed by atoms with Gasteiger partial charge in [0.1, 0.15) is 0 Å². The van der Waals surface area contributed by atoms with Gasteiger partial charge < -0.3 is 5.11 Å². The highest BCUT2D eigenvalue weighted by Crippen LogP contribution is 2.36. The molecule has 2 atom stereocenters. The standard InChI is InChI=1S/C16H15NOS/c1-11(13-7-4-5-9-17-13)16(18)15-10-12-6-2-3-8-14(12)19-15/h2-11,16,18H,1H3. The molecule has 1 N–H and O–H groups in total. The lowest BCUT2D eigenvalue weighted by molar-refractivity contribution is 0.154. The Morgan fingerprint density at radius 2 is 1.89 bits per heavy atom. The monoisotopic (exact) mass is 269 g/mol. The van der Waals surface area contributed by atoms with E-state index in [1.54, 1.807) is 17.5 Å². The molecular formula is C16H15NOS. The summed E-state index contributed by atoms with van der Waals surface area (Å²) in [6, 6.07) is 16.1. The van der Waals surface area contributed by atoms with E-state index in [1.165, 1.54) is 10.1 Å². The van der Waals surface area contributed by atoms with Gasteiger partial charge in [0.2, 0.25) is 0 Å². The number of nitrogens with zero attached hydrogens (tertiary/aromatic N) is 1. The summed E-state index contributed by atoms with van der Waals surface area (Å²) >= 11 is 1.65. The Morgan fingerprint density at radius 1 is 1.11 bits per heavy atom. The number of benzene rings is 1. The smallest absolute Gasteiger partial charge is 0.0963 e. The molecule has 3 aromatic rings. The predicted octanol–water partition coefficient (Wildman–Crippen LogP) is 4.13. The van der Waals surface area contributed by atoms with Gasteiger partial charge in [0.25, 0.3) is 0 Å². The topological polar surface area (TPSA) is 33.1 Å². The molecule has 0 radical (unpaired) electrons. The van der Waals surface area contributed by atoms with Crippen molar-refractivity contribution in [2.45, 2.75) is 18.9 Å². The summed E-state index contributed by atoms with van der Waals surface area (Å²) in [7, 11) is 0. The van der Waals surface area contributed by atoms with Crippen LogP contribution in [-0.2, 0) is 0 Å². The molecule has 96 valence electrons. The fourth-order valence-corrected chi connectivity index (χ4v) is 3.36. The number of aliphatic hydroxyl groups is 1. The van der Waals surface area contributed by atoms with E-state index in [0.29, 0.717) is 0 Å². The molecule has 0 aliphatic rings. The maximum absolute atomic E-state index is 10.5. The van der Waals surface area contributed by atoms with Gasteiger partial charge in [-0.1, -0.05) is 31.2 Å². The number of aliphatic hydroxyl groups excluding tert-OH is 1. The fraction of sp³-hybridized carbons (Fsp3) is 0.188. The molecule has 0 spiro atoms. The molecule has 0 saturated carbocycles.